The van der Waals surface area contributed by atoms with Crippen molar-refractivity contribution < 1.29 is 4.79 Å². The van der Waals surface area contributed by atoms with E-state index >= 15 is 0 Å². The minimum absolute atomic E-state index is 0.187. The lowest BCUT2D eigenvalue weighted by atomic mass is 9.94. The zero-order chi connectivity index (χ0) is 12.7. The van der Waals surface area contributed by atoms with Crippen LogP contribution >= 0.6 is 0 Å². The van der Waals surface area contributed by atoms with Gasteiger partial charge in [0, 0.05) is 18.5 Å². The Morgan fingerprint density at radius 1 is 1.29 bits per heavy atom. The molecule has 3 N–H and O–H groups in total. The maximum Gasteiger partial charge on any atom is 0.220 e. The third-order valence-corrected chi connectivity index (χ3v) is 4.12. The maximum atomic E-state index is 12.0. The SMILES string of the molecule is CCC(C)(CN)NC(=O)CC1CCCCCC1. The molecule has 100 valence electrons. The Morgan fingerprint density at radius 3 is 2.35 bits per heavy atom. The number of hydrogen-bond acceptors (Lipinski definition) is 2. The number of carbonyl (C=O) groups is 1. The zero-order valence-electron chi connectivity index (χ0n) is 11.4. The van der Waals surface area contributed by atoms with Gasteiger partial charge >= 0.3 is 0 Å². The highest BCUT2D eigenvalue weighted by Crippen LogP contribution is 2.25. The van der Waals surface area contributed by atoms with Gasteiger partial charge in [-0.3, -0.25) is 4.79 Å². The molecule has 0 heterocycles. The van der Waals surface area contributed by atoms with Gasteiger partial charge in [-0.05, 0) is 32.1 Å². The van der Waals surface area contributed by atoms with Crippen LogP contribution in [0.5, 0.6) is 0 Å². The van der Waals surface area contributed by atoms with Crippen molar-refractivity contribution in [2.75, 3.05) is 6.54 Å². The molecule has 1 saturated carbocycles. The lowest BCUT2D eigenvalue weighted by molar-refractivity contribution is -0.123. The first kappa shape index (κ1) is 14.5. The molecule has 3 nitrogen and oxygen atoms in total. The van der Waals surface area contributed by atoms with Crippen molar-refractivity contribution in [3.8, 4) is 0 Å². The summed E-state index contributed by atoms with van der Waals surface area (Å²) in [6.45, 7) is 4.61. The van der Waals surface area contributed by atoms with Crippen molar-refractivity contribution in [1.29, 1.82) is 0 Å². The van der Waals surface area contributed by atoms with E-state index in [1.54, 1.807) is 0 Å². The molecular weight excluding hydrogens is 212 g/mol. The Labute approximate surface area is 106 Å². The van der Waals surface area contributed by atoms with Gasteiger partial charge in [0.15, 0.2) is 0 Å². The Bertz CT molecular complexity index is 228. The molecule has 1 aliphatic rings. The largest absolute Gasteiger partial charge is 0.350 e. The molecule has 0 aromatic heterocycles. The van der Waals surface area contributed by atoms with Gasteiger partial charge in [-0.25, -0.2) is 0 Å². The Hall–Kier alpha value is -0.570. The first-order chi connectivity index (χ1) is 8.09. The fraction of sp³-hybridized carbons (Fsp3) is 0.929. The predicted molar refractivity (Wildman–Crippen MR) is 71.7 cm³/mol. The van der Waals surface area contributed by atoms with Crippen molar-refractivity contribution in [3.05, 3.63) is 0 Å². The summed E-state index contributed by atoms with van der Waals surface area (Å²) in [5, 5.41) is 3.10. The van der Waals surface area contributed by atoms with Crippen molar-refractivity contribution >= 4 is 5.91 Å². The van der Waals surface area contributed by atoms with Crippen molar-refractivity contribution in [2.45, 2.75) is 70.8 Å². The average molecular weight is 240 g/mol. The number of nitrogens with two attached hydrogens (primary N) is 1. The van der Waals surface area contributed by atoms with E-state index in [0.717, 1.165) is 6.42 Å². The summed E-state index contributed by atoms with van der Waals surface area (Å²) in [5.74, 6) is 0.781. The molecule has 1 rings (SSSR count). The molecule has 3 heteroatoms. The number of amides is 1. The van der Waals surface area contributed by atoms with Crippen molar-refractivity contribution in [3.63, 3.8) is 0 Å². The molecule has 0 aliphatic heterocycles. The van der Waals surface area contributed by atoms with Crippen LogP contribution < -0.4 is 11.1 Å². The van der Waals surface area contributed by atoms with Gasteiger partial charge in [-0.15, -0.1) is 0 Å². The summed E-state index contributed by atoms with van der Waals surface area (Å²) in [4.78, 5) is 12.0. The normalized spacial score (nSPS) is 21.6. The highest BCUT2D eigenvalue weighted by Gasteiger charge is 2.24. The first-order valence-electron chi connectivity index (χ1n) is 7.10. The van der Waals surface area contributed by atoms with E-state index in [-0.39, 0.29) is 11.4 Å². The standard InChI is InChI=1S/C14H28N2O/c1-3-14(2,11-15)16-13(17)10-12-8-6-4-5-7-9-12/h12H,3-11,15H2,1-2H3,(H,16,17). The van der Waals surface area contributed by atoms with Crippen LogP contribution in [0.3, 0.4) is 0 Å². The summed E-state index contributed by atoms with van der Waals surface area (Å²) in [5.41, 5.74) is 5.49. The third-order valence-electron chi connectivity index (χ3n) is 4.12. The van der Waals surface area contributed by atoms with Crippen molar-refractivity contribution in [2.24, 2.45) is 11.7 Å². The second-order valence-electron chi connectivity index (χ2n) is 5.73. The van der Waals surface area contributed by atoms with Gasteiger partial charge in [-0.2, -0.15) is 0 Å². The lowest BCUT2D eigenvalue weighted by Gasteiger charge is -2.28. The molecule has 1 unspecified atom stereocenters. The smallest absolute Gasteiger partial charge is 0.220 e. The van der Waals surface area contributed by atoms with E-state index in [0.29, 0.717) is 18.9 Å². The summed E-state index contributed by atoms with van der Waals surface area (Å²) in [6.07, 6.45) is 9.29. The Balaban J connectivity index is 2.37. The van der Waals surface area contributed by atoms with Crippen LogP contribution in [0.1, 0.15) is 65.2 Å². The summed E-state index contributed by atoms with van der Waals surface area (Å²) < 4.78 is 0. The van der Waals surface area contributed by atoms with Gasteiger partial charge in [0.2, 0.25) is 5.91 Å². The van der Waals surface area contributed by atoms with Crippen LogP contribution in [-0.2, 0) is 4.79 Å². The van der Waals surface area contributed by atoms with E-state index in [4.69, 9.17) is 5.73 Å². The zero-order valence-corrected chi connectivity index (χ0v) is 11.4. The minimum atomic E-state index is -0.220. The van der Waals surface area contributed by atoms with Gasteiger partial charge in [0.1, 0.15) is 0 Å². The number of hydrogen-bond donors (Lipinski definition) is 2. The van der Waals surface area contributed by atoms with E-state index in [1.807, 2.05) is 6.92 Å². The number of carbonyl (C=O) groups excluding carboxylic acids is 1. The van der Waals surface area contributed by atoms with E-state index in [2.05, 4.69) is 12.2 Å². The second kappa shape index (κ2) is 7.00. The summed E-state index contributed by atoms with van der Waals surface area (Å²) in [6, 6.07) is 0. The van der Waals surface area contributed by atoms with Crippen LogP contribution in [0.15, 0.2) is 0 Å². The fourth-order valence-corrected chi connectivity index (χ4v) is 2.50. The molecule has 1 atom stereocenters. The van der Waals surface area contributed by atoms with Gasteiger partial charge in [0.05, 0.1) is 0 Å². The van der Waals surface area contributed by atoms with E-state index in [9.17, 15) is 4.79 Å². The maximum absolute atomic E-state index is 12.0. The van der Waals surface area contributed by atoms with Gasteiger partial charge in [-0.1, -0.05) is 32.6 Å². The van der Waals surface area contributed by atoms with Crippen molar-refractivity contribution in [1.82, 2.24) is 5.32 Å². The van der Waals surface area contributed by atoms with E-state index < -0.39 is 0 Å². The van der Waals surface area contributed by atoms with Crippen LogP contribution in [0.25, 0.3) is 0 Å². The number of nitrogens with one attached hydrogen (secondary N) is 1. The topological polar surface area (TPSA) is 55.1 Å². The fourth-order valence-electron chi connectivity index (χ4n) is 2.50. The molecule has 1 fully saturated rings. The highest BCUT2D eigenvalue weighted by atomic mass is 16.1. The molecule has 0 bridgehead atoms. The number of rotatable bonds is 5. The molecular formula is C14H28N2O. The van der Waals surface area contributed by atoms with Crippen LogP contribution in [0, 0.1) is 5.92 Å². The Morgan fingerprint density at radius 2 is 1.88 bits per heavy atom. The quantitative estimate of drug-likeness (QED) is 0.726. The molecule has 0 aromatic carbocycles. The lowest BCUT2D eigenvalue weighted by Crippen LogP contribution is -2.51. The van der Waals surface area contributed by atoms with Crippen LogP contribution in [-0.4, -0.2) is 18.0 Å². The molecule has 1 amide bonds. The highest BCUT2D eigenvalue weighted by molar-refractivity contribution is 5.77. The molecule has 0 aromatic rings. The van der Waals surface area contributed by atoms with Crippen LogP contribution in [0.2, 0.25) is 0 Å². The first-order valence-corrected chi connectivity index (χ1v) is 7.10. The molecule has 1 aliphatic carbocycles. The summed E-state index contributed by atoms with van der Waals surface area (Å²) in [7, 11) is 0. The molecule has 0 spiro atoms. The average Bonchev–Trinajstić information content (AvgIpc) is 2.57. The molecule has 17 heavy (non-hydrogen) atoms. The second-order valence-corrected chi connectivity index (χ2v) is 5.73. The van der Waals surface area contributed by atoms with Gasteiger partial charge in [0.25, 0.3) is 0 Å². The molecule has 0 saturated heterocycles. The van der Waals surface area contributed by atoms with Crippen LogP contribution in [0.4, 0.5) is 0 Å². The summed E-state index contributed by atoms with van der Waals surface area (Å²) >= 11 is 0. The Kier molecular flexibility index (Phi) is 5.96. The predicted octanol–water partition coefficient (Wildman–Crippen LogP) is 2.59. The third kappa shape index (κ3) is 5.07. The van der Waals surface area contributed by atoms with E-state index in [1.165, 1.54) is 38.5 Å². The van der Waals surface area contributed by atoms with Gasteiger partial charge < -0.3 is 11.1 Å². The monoisotopic (exact) mass is 240 g/mol. The molecule has 0 radical (unpaired) electrons. The minimum Gasteiger partial charge on any atom is -0.350 e.